The third kappa shape index (κ3) is 5.36. The van der Waals surface area contributed by atoms with Gasteiger partial charge in [0.25, 0.3) is 5.91 Å². The molecule has 5 nitrogen and oxygen atoms in total. The quantitative estimate of drug-likeness (QED) is 0.436. The number of fused-ring (bicyclic) bond motifs is 2. The molecular formula is C31H33ClN2O3. The highest BCUT2D eigenvalue weighted by molar-refractivity contribution is 6.30. The predicted octanol–water partition coefficient (Wildman–Crippen LogP) is 5.49. The summed E-state index contributed by atoms with van der Waals surface area (Å²) < 4.78 is 0. The molecule has 0 bridgehead atoms. The van der Waals surface area contributed by atoms with Crippen LogP contribution in [0.25, 0.3) is 5.57 Å². The predicted molar refractivity (Wildman–Crippen MR) is 149 cm³/mol. The highest BCUT2D eigenvalue weighted by Crippen LogP contribution is 2.38. The van der Waals surface area contributed by atoms with Gasteiger partial charge in [0.15, 0.2) is 0 Å². The molecule has 0 unspecified atom stereocenters. The number of hydrogen-bond acceptors (Lipinski definition) is 4. The van der Waals surface area contributed by atoms with Gasteiger partial charge < -0.3 is 20.0 Å². The Morgan fingerprint density at radius 3 is 2.22 bits per heavy atom. The number of aliphatic hydroxyl groups is 2. The van der Waals surface area contributed by atoms with Crippen molar-refractivity contribution in [3.05, 3.63) is 106 Å². The summed E-state index contributed by atoms with van der Waals surface area (Å²) >= 11 is 6.03. The van der Waals surface area contributed by atoms with Gasteiger partial charge >= 0.3 is 0 Å². The number of aliphatic hydroxyl groups excluding tert-OH is 1. The maximum absolute atomic E-state index is 13.5. The Morgan fingerprint density at radius 1 is 0.865 bits per heavy atom. The number of likely N-dealkylation sites (tertiary alicyclic amines) is 1. The molecule has 2 N–H and O–H groups in total. The van der Waals surface area contributed by atoms with Crippen molar-refractivity contribution in [3.63, 3.8) is 0 Å². The van der Waals surface area contributed by atoms with Crippen LogP contribution in [-0.4, -0.2) is 53.8 Å². The van der Waals surface area contributed by atoms with Crippen LogP contribution in [-0.2, 0) is 5.60 Å². The topological polar surface area (TPSA) is 64.0 Å². The van der Waals surface area contributed by atoms with Gasteiger partial charge in [0.2, 0.25) is 0 Å². The Labute approximate surface area is 223 Å². The summed E-state index contributed by atoms with van der Waals surface area (Å²) in [5, 5.41) is 21.3. The number of carbonyl (C=O) groups excluding carboxylic acids is 1. The highest BCUT2D eigenvalue weighted by atomic mass is 35.5. The first kappa shape index (κ1) is 25.7. The smallest absolute Gasteiger partial charge is 0.258 e. The average molecular weight is 517 g/mol. The van der Waals surface area contributed by atoms with Crippen LogP contribution in [0.4, 0.5) is 5.69 Å². The van der Waals surface area contributed by atoms with Gasteiger partial charge in [0.1, 0.15) is 0 Å². The van der Waals surface area contributed by atoms with Gasteiger partial charge in [-0.1, -0.05) is 66.2 Å². The van der Waals surface area contributed by atoms with E-state index in [1.54, 1.807) is 4.90 Å². The van der Waals surface area contributed by atoms with E-state index in [1.165, 1.54) is 0 Å². The lowest BCUT2D eigenvalue weighted by molar-refractivity contribution is -0.0254. The van der Waals surface area contributed by atoms with Crippen LogP contribution in [0.2, 0.25) is 5.02 Å². The first-order valence-electron chi connectivity index (χ1n) is 13.0. The first-order valence-corrected chi connectivity index (χ1v) is 13.4. The van der Waals surface area contributed by atoms with Gasteiger partial charge in [-0.25, -0.2) is 0 Å². The molecule has 3 aromatic carbocycles. The molecular weight excluding hydrogens is 484 g/mol. The largest absolute Gasteiger partial charge is 0.396 e. The van der Waals surface area contributed by atoms with E-state index in [0.717, 1.165) is 54.0 Å². The number of carbonyl (C=O) groups is 1. The molecule has 6 heteroatoms. The van der Waals surface area contributed by atoms with Crippen LogP contribution in [0.3, 0.4) is 0 Å². The van der Waals surface area contributed by atoms with E-state index >= 15 is 0 Å². The number of hydrogen-bond donors (Lipinski definition) is 2. The summed E-state index contributed by atoms with van der Waals surface area (Å²) in [4.78, 5) is 17.7. The summed E-state index contributed by atoms with van der Waals surface area (Å²) in [5.41, 5.74) is 4.75. The number of amides is 1. The normalized spacial score (nSPS) is 18.4. The van der Waals surface area contributed by atoms with Gasteiger partial charge in [-0.05, 0) is 66.6 Å². The molecule has 192 valence electrons. The first-order chi connectivity index (χ1) is 18.0. The summed E-state index contributed by atoms with van der Waals surface area (Å²) in [7, 11) is 0. The number of benzene rings is 3. The average Bonchev–Trinajstić information content (AvgIpc) is 3.02. The molecule has 2 aliphatic heterocycles. The summed E-state index contributed by atoms with van der Waals surface area (Å²) in [6.45, 7) is 3.04. The molecule has 2 heterocycles. The van der Waals surface area contributed by atoms with Crippen molar-refractivity contribution in [2.24, 2.45) is 0 Å². The van der Waals surface area contributed by atoms with E-state index in [9.17, 15) is 15.0 Å². The van der Waals surface area contributed by atoms with Gasteiger partial charge in [-0.2, -0.15) is 0 Å². The second-order valence-corrected chi connectivity index (χ2v) is 10.3. The molecule has 3 aromatic rings. The van der Waals surface area contributed by atoms with Crippen molar-refractivity contribution in [1.29, 1.82) is 0 Å². The second-order valence-electron chi connectivity index (χ2n) is 9.88. The van der Waals surface area contributed by atoms with E-state index in [1.807, 2.05) is 66.7 Å². The molecule has 0 radical (unpaired) electrons. The molecule has 1 amide bonds. The highest BCUT2D eigenvalue weighted by Gasteiger charge is 2.34. The van der Waals surface area contributed by atoms with Crippen LogP contribution in [0.15, 0.2) is 78.9 Å². The molecule has 1 fully saturated rings. The monoisotopic (exact) mass is 516 g/mol. The molecule has 0 saturated carbocycles. The molecule has 37 heavy (non-hydrogen) atoms. The zero-order chi connectivity index (χ0) is 25.8. The van der Waals surface area contributed by atoms with Gasteiger partial charge in [-0.15, -0.1) is 0 Å². The number of piperidine rings is 1. The zero-order valence-corrected chi connectivity index (χ0v) is 21.7. The van der Waals surface area contributed by atoms with Crippen molar-refractivity contribution < 1.29 is 15.0 Å². The summed E-state index contributed by atoms with van der Waals surface area (Å²) in [6.07, 6.45) is 4.98. The van der Waals surface area contributed by atoms with Crippen LogP contribution in [0, 0.1) is 0 Å². The van der Waals surface area contributed by atoms with Crippen LogP contribution < -0.4 is 4.90 Å². The van der Waals surface area contributed by atoms with E-state index in [4.69, 9.17) is 11.6 Å². The summed E-state index contributed by atoms with van der Waals surface area (Å²) in [6, 6.07) is 23.4. The Kier molecular flexibility index (Phi) is 7.77. The van der Waals surface area contributed by atoms with Gasteiger partial charge in [0.05, 0.1) is 11.3 Å². The van der Waals surface area contributed by atoms with Crippen LogP contribution in [0.1, 0.15) is 52.7 Å². The Balaban J connectivity index is 1.35. The van der Waals surface area contributed by atoms with Crippen molar-refractivity contribution in [3.8, 4) is 0 Å². The minimum Gasteiger partial charge on any atom is -0.396 e. The lowest BCUT2D eigenvalue weighted by atomic mass is 9.84. The van der Waals surface area contributed by atoms with Crippen molar-refractivity contribution in [1.82, 2.24) is 4.90 Å². The van der Waals surface area contributed by atoms with E-state index < -0.39 is 5.60 Å². The van der Waals surface area contributed by atoms with Gasteiger partial charge in [0, 0.05) is 48.9 Å². The minimum atomic E-state index is -0.808. The Bertz CT molecular complexity index is 1280. The lowest BCUT2D eigenvalue weighted by Gasteiger charge is -2.38. The second kappa shape index (κ2) is 11.2. The van der Waals surface area contributed by atoms with E-state index in [0.29, 0.717) is 36.4 Å². The Morgan fingerprint density at radius 2 is 1.51 bits per heavy atom. The standard InChI is InChI=1S/C31H33ClN2O3/c32-24-14-12-23(13-15-24)31(37)16-20-33(21-17-31)18-5-10-25-26-7-1-2-9-28(26)30(36)34(19-6-22-35)29-11-4-3-8-27(25)29/h1-4,7-15,35,37H,5-6,16-22H2/b25-10-. The SMILES string of the molecule is O=C1c2ccccc2/C(=C/CCN2CCC(O)(c3ccc(Cl)cc3)CC2)c2ccccc2N1CCCO. The maximum atomic E-state index is 13.5. The molecule has 0 aliphatic carbocycles. The number of rotatable bonds is 7. The van der Waals surface area contributed by atoms with Crippen LogP contribution in [0.5, 0.6) is 0 Å². The van der Waals surface area contributed by atoms with Crippen molar-refractivity contribution in [2.45, 2.75) is 31.3 Å². The molecule has 1 saturated heterocycles. The third-order valence-electron chi connectivity index (χ3n) is 7.58. The fourth-order valence-electron chi connectivity index (χ4n) is 5.50. The molecule has 5 rings (SSSR count). The summed E-state index contributed by atoms with van der Waals surface area (Å²) in [5.74, 6) is -0.0302. The lowest BCUT2D eigenvalue weighted by Crippen LogP contribution is -2.42. The zero-order valence-electron chi connectivity index (χ0n) is 20.9. The van der Waals surface area contributed by atoms with E-state index in [-0.39, 0.29) is 12.5 Å². The molecule has 0 atom stereocenters. The molecule has 2 aliphatic rings. The number of anilines is 1. The van der Waals surface area contributed by atoms with Gasteiger partial charge in [-0.3, -0.25) is 4.79 Å². The Hall–Kier alpha value is -2.96. The fraction of sp³-hybridized carbons (Fsp3) is 0.323. The fourth-order valence-corrected chi connectivity index (χ4v) is 5.62. The third-order valence-corrected chi connectivity index (χ3v) is 7.83. The number of halogens is 1. The number of para-hydroxylation sites is 1. The van der Waals surface area contributed by atoms with Crippen LogP contribution >= 0.6 is 11.6 Å². The minimum absolute atomic E-state index is 0.0302. The van der Waals surface area contributed by atoms with Crippen molar-refractivity contribution >= 4 is 28.8 Å². The maximum Gasteiger partial charge on any atom is 0.258 e. The number of nitrogens with zero attached hydrogens (tertiary/aromatic N) is 2. The molecule has 0 aromatic heterocycles. The molecule has 0 spiro atoms. The van der Waals surface area contributed by atoms with Crippen molar-refractivity contribution in [2.75, 3.05) is 37.7 Å². The van der Waals surface area contributed by atoms with E-state index in [2.05, 4.69) is 17.0 Å².